The number of fused-ring (bicyclic) bond motifs is 1. The molecule has 1 fully saturated rings. The number of morpholine rings is 1. The van der Waals surface area contributed by atoms with Crippen LogP contribution in [0.15, 0.2) is 37.3 Å². The van der Waals surface area contributed by atoms with Crippen molar-refractivity contribution in [2.75, 3.05) is 31.6 Å². The average molecular weight is 470 g/mol. The molecule has 1 aliphatic heterocycles. The van der Waals surface area contributed by atoms with Crippen LogP contribution in [0.1, 0.15) is 0 Å². The Balaban J connectivity index is 1.31. The number of pyridine rings is 1. The van der Waals surface area contributed by atoms with Crippen LogP contribution in [-0.4, -0.2) is 72.6 Å². The number of nitrogens with two attached hydrogens (primary N) is 1. The quantitative estimate of drug-likeness (QED) is 0.411. The zero-order chi connectivity index (χ0) is 22.8. The predicted molar refractivity (Wildman–Crippen MR) is 119 cm³/mol. The molecule has 1 amide bonds. The minimum Gasteiger partial charge on any atom is -0.378 e. The van der Waals surface area contributed by atoms with Gasteiger partial charge in [0.1, 0.15) is 29.4 Å². The second kappa shape index (κ2) is 9.13. The van der Waals surface area contributed by atoms with Crippen LogP contribution >= 0.6 is 11.3 Å². The van der Waals surface area contributed by atoms with Crippen molar-refractivity contribution < 1.29 is 13.9 Å². The molecule has 0 unspecified atom stereocenters. The van der Waals surface area contributed by atoms with E-state index in [1.165, 1.54) is 17.7 Å². The van der Waals surface area contributed by atoms with Gasteiger partial charge in [0.15, 0.2) is 10.9 Å². The van der Waals surface area contributed by atoms with Gasteiger partial charge >= 0.3 is 0 Å². The lowest BCUT2D eigenvalue weighted by Gasteiger charge is -2.33. The van der Waals surface area contributed by atoms with E-state index >= 15 is 0 Å². The number of nitrogens with one attached hydrogen (secondary N) is 1. The molecule has 4 aromatic heterocycles. The van der Waals surface area contributed by atoms with Gasteiger partial charge in [0.25, 0.3) is 0 Å². The smallest absolute Gasteiger partial charge is 0.237 e. The minimum atomic E-state index is -0.505. The SMILES string of the molecule is NC(=O)[C@@H]1COCCN1CCn1cnc2cnc(Nc3ncc(-c4ncncc4F)s3)cc21. The molecule has 3 N–H and O–H groups in total. The first-order chi connectivity index (χ1) is 16.1. The van der Waals surface area contributed by atoms with E-state index in [1.807, 2.05) is 15.5 Å². The molecule has 0 radical (unpaired) electrons. The molecule has 0 bridgehead atoms. The highest BCUT2D eigenvalue weighted by molar-refractivity contribution is 7.18. The molecular weight excluding hydrogens is 449 g/mol. The number of aromatic nitrogens is 6. The van der Waals surface area contributed by atoms with Crippen molar-refractivity contribution in [1.82, 2.24) is 34.4 Å². The molecule has 1 atom stereocenters. The number of nitrogens with zero attached hydrogens (tertiary/aromatic N) is 7. The Morgan fingerprint density at radius 2 is 2.15 bits per heavy atom. The van der Waals surface area contributed by atoms with Crippen molar-refractivity contribution in [1.29, 1.82) is 0 Å². The monoisotopic (exact) mass is 469 g/mol. The van der Waals surface area contributed by atoms with Crippen LogP contribution in [0.25, 0.3) is 21.6 Å². The number of amides is 1. The van der Waals surface area contributed by atoms with Crippen molar-refractivity contribution in [2.24, 2.45) is 5.73 Å². The average Bonchev–Trinajstić information content (AvgIpc) is 3.45. The summed E-state index contributed by atoms with van der Waals surface area (Å²) in [6, 6.07) is 1.45. The maximum absolute atomic E-state index is 13.9. The molecule has 4 aromatic rings. The Hall–Kier alpha value is -3.55. The minimum absolute atomic E-state index is 0.203. The lowest BCUT2D eigenvalue weighted by molar-refractivity contribution is -0.129. The van der Waals surface area contributed by atoms with Gasteiger partial charge in [-0.25, -0.2) is 29.3 Å². The molecule has 1 saturated heterocycles. The summed E-state index contributed by atoms with van der Waals surface area (Å²) in [7, 11) is 0. The van der Waals surface area contributed by atoms with Gasteiger partial charge in [-0.1, -0.05) is 11.3 Å². The number of imidazole rings is 1. The summed E-state index contributed by atoms with van der Waals surface area (Å²) in [4.78, 5) is 35.1. The Bertz CT molecular complexity index is 1290. The van der Waals surface area contributed by atoms with Gasteiger partial charge in [-0.15, -0.1) is 0 Å². The van der Waals surface area contributed by atoms with E-state index < -0.39 is 11.9 Å². The van der Waals surface area contributed by atoms with Crippen LogP contribution in [0.4, 0.5) is 15.3 Å². The summed E-state index contributed by atoms with van der Waals surface area (Å²) in [6.07, 6.45) is 7.39. The van der Waals surface area contributed by atoms with E-state index in [9.17, 15) is 9.18 Å². The van der Waals surface area contributed by atoms with Gasteiger partial charge in [0.2, 0.25) is 5.91 Å². The van der Waals surface area contributed by atoms with E-state index in [1.54, 1.807) is 18.7 Å². The first kappa shape index (κ1) is 21.3. The number of primary amides is 1. The highest BCUT2D eigenvalue weighted by Gasteiger charge is 2.27. The maximum atomic E-state index is 13.9. The highest BCUT2D eigenvalue weighted by atomic mass is 32.1. The van der Waals surface area contributed by atoms with E-state index in [-0.39, 0.29) is 11.6 Å². The van der Waals surface area contributed by atoms with Gasteiger partial charge in [-0.05, 0) is 0 Å². The summed E-state index contributed by atoms with van der Waals surface area (Å²) in [5, 5.41) is 3.71. The van der Waals surface area contributed by atoms with Crippen molar-refractivity contribution in [3.05, 3.63) is 43.1 Å². The standard InChI is InChI=1S/C20H20FN9O2S/c21-12-6-23-10-26-18(12)16-8-25-20(33-16)28-17-5-14-13(7-24-17)27-11-30(14)2-1-29-3-4-32-9-15(29)19(22)31/h5-8,10-11,15H,1-4,9H2,(H2,22,31)(H,24,25,28)/t15-/m0/s1. The van der Waals surface area contributed by atoms with Crippen LogP contribution in [-0.2, 0) is 16.1 Å². The fourth-order valence-corrected chi connectivity index (χ4v) is 4.48. The van der Waals surface area contributed by atoms with Crippen LogP contribution in [0.2, 0.25) is 0 Å². The number of ether oxygens (including phenoxy) is 1. The number of carbonyl (C=O) groups is 1. The van der Waals surface area contributed by atoms with Crippen LogP contribution < -0.4 is 11.1 Å². The van der Waals surface area contributed by atoms with Gasteiger partial charge in [0, 0.05) is 31.9 Å². The molecule has 5 heterocycles. The largest absolute Gasteiger partial charge is 0.378 e. The summed E-state index contributed by atoms with van der Waals surface area (Å²) in [5.74, 6) is -0.310. The Morgan fingerprint density at radius 3 is 3.00 bits per heavy atom. The zero-order valence-electron chi connectivity index (χ0n) is 17.4. The summed E-state index contributed by atoms with van der Waals surface area (Å²) >= 11 is 1.26. The Morgan fingerprint density at radius 1 is 1.24 bits per heavy atom. The molecule has 0 spiro atoms. The van der Waals surface area contributed by atoms with Gasteiger partial charge < -0.3 is 20.4 Å². The lowest BCUT2D eigenvalue weighted by Crippen LogP contribution is -2.53. The molecular formula is C20H20FN9O2S. The number of hydrogen-bond acceptors (Lipinski definition) is 10. The molecule has 5 rings (SSSR count). The number of hydrogen-bond donors (Lipinski definition) is 2. The molecule has 0 aromatic carbocycles. The molecule has 33 heavy (non-hydrogen) atoms. The van der Waals surface area contributed by atoms with Gasteiger partial charge in [0.05, 0.1) is 42.3 Å². The fraction of sp³-hybridized carbons (Fsp3) is 0.300. The normalized spacial score (nSPS) is 16.8. The number of anilines is 2. The highest BCUT2D eigenvalue weighted by Crippen LogP contribution is 2.30. The van der Waals surface area contributed by atoms with E-state index in [2.05, 4.69) is 30.2 Å². The first-order valence-electron chi connectivity index (χ1n) is 10.2. The first-order valence-corrected chi connectivity index (χ1v) is 11.0. The molecule has 1 aliphatic rings. The third-order valence-corrected chi connectivity index (χ3v) is 6.26. The topological polar surface area (TPSA) is 137 Å². The molecule has 11 nitrogen and oxygen atoms in total. The summed E-state index contributed by atoms with van der Waals surface area (Å²) < 4.78 is 21.3. The van der Waals surface area contributed by atoms with Crippen molar-refractivity contribution in [3.8, 4) is 10.6 Å². The second-order valence-corrected chi connectivity index (χ2v) is 8.43. The molecule has 13 heteroatoms. The van der Waals surface area contributed by atoms with E-state index in [4.69, 9.17) is 10.5 Å². The number of thiazole rings is 1. The molecule has 0 saturated carbocycles. The Labute approximate surface area is 191 Å². The van der Waals surface area contributed by atoms with E-state index in [0.29, 0.717) is 48.7 Å². The van der Waals surface area contributed by atoms with E-state index in [0.717, 1.165) is 17.2 Å². The lowest BCUT2D eigenvalue weighted by atomic mass is 10.2. The van der Waals surface area contributed by atoms with Crippen molar-refractivity contribution in [3.63, 3.8) is 0 Å². The predicted octanol–water partition coefficient (Wildman–Crippen LogP) is 1.41. The number of carbonyl (C=O) groups excluding carboxylic acids is 1. The number of halogens is 1. The van der Waals surface area contributed by atoms with Crippen LogP contribution in [0.5, 0.6) is 0 Å². The van der Waals surface area contributed by atoms with Crippen LogP contribution in [0.3, 0.4) is 0 Å². The van der Waals surface area contributed by atoms with Crippen LogP contribution in [0, 0.1) is 5.82 Å². The maximum Gasteiger partial charge on any atom is 0.237 e. The van der Waals surface area contributed by atoms with Gasteiger partial charge in [-0.3, -0.25) is 9.69 Å². The van der Waals surface area contributed by atoms with Gasteiger partial charge in [-0.2, -0.15) is 0 Å². The fourth-order valence-electron chi connectivity index (χ4n) is 3.66. The third-order valence-electron chi connectivity index (χ3n) is 5.34. The Kier molecular flexibility index (Phi) is 5.90. The summed E-state index contributed by atoms with van der Waals surface area (Å²) in [6.45, 7) is 2.79. The third kappa shape index (κ3) is 4.51. The molecule has 0 aliphatic carbocycles. The summed E-state index contributed by atoms with van der Waals surface area (Å²) in [5.41, 5.74) is 7.34. The zero-order valence-corrected chi connectivity index (χ0v) is 18.2. The number of rotatable bonds is 7. The molecule has 170 valence electrons. The van der Waals surface area contributed by atoms with Crippen molar-refractivity contribution >= 4 is 39.2 Å². The second-order valence-electron chi connectivity index (χ2n) is 7.40. The van der Waals surface area contributed by atoms with Crippen molar-refractivity contribution in [2.45, 2.75) is 12.6 Å².